The summed E-state index contributed by atoms with van der Waals surface area (Å²) in [6, 6.07) is 18.3. The zero-order valence-electron chi connectivity index (χ0n) is 17.5. The van der Waals surface area contributed by atoms with Crippen molar-refractivity contribution in [2.24, 2.45) is 0 Å². The second-order valence-electron chi connectivity index (χ2n) is 8.02. The Bertz CT molecular complexity index is 1170. The van der Waals surface area contributed by atoms with E-state index in [1.807, 2.05) is 42.5 Å². The molecule has 31 heavy (non-hydrogen) atoms. The first-order chi connectivity index (χ1) is 15.1. The van der Waals surface area contributed by atoms with Crippen molar-refractivity contribution in [3.05, 3.63) is 65.9 Å². The van der Waals surface area contributed by atoms with Crippen LogP contribution in [0.1, 0.15) is 6.42 Å². The van der Waals surface area contributed by atoms with Crippen LogP contribution < -0.4 is 4.90 Å². The van der Waals surface area contributed by atoms with E-state index in [-0.39, 0.29) is 0 Å². The van der Waals surface area contributed by atoms with Crippen molar-refractivity contribution in [2.75, 3.05) is 32.1 Å². The zero-order chi connectivity index (χ0) is 21.4. The Balaban J connectivity index is 1.31. The average Bonchev–Trinajstić information content (AvgIpc) is 3.54. The predicted molar refractivity (Wildman–Crippen MR) is 122 cm³/mol. The van der Waals surface area contributed by atoms with E-state index < -0.39 is 0 Å². The van der Waals surface area contributed by atoms with Gasteiger partial charge in [0.15, 0.2) is 0 Å². The van der Waals surface area contributed by atoms with Crippen molar-refractivity contribution in [2.45, 2.75) is 12.5 Å². The molecule has 0 radical (unpaired) electrons. The van der Waals surface area contributed by atoms with E-state index in [4.69, 9.17) is 20.4 Å². The number of hydrogen-bond donors (Lipinski definition) is 0. The van der Waals surface area contributed by atoms with Crippen molar-refractivity contribution in [3.8, 4) is 34.2 Å². The van der Waals surface area contributed by atoms with Crippen LogP contribution in [-0.2, 0) is 0 Å². The lowest BCUT2D eigenvalue weighted by molar-refractivity contribution is 0.315. The highest BCUT2D eigenvalue weighted by Crippen LogP contribution is 2.31. The van der Waals surface area contributed by atoms with Gasteiger partial charge in [0.2, 0.25) is 5.89 Å². The minimum atomic E-state index is 0.427. The highest BCUT2D eigenvalue weighted by molar-refractivity contribution is 6.30. The Morgan fingerprint density at radius 2 is 1.61 bits per heavy atom. The van der Waals surface area contributed by atoms with Crippen LogP contribution in [0.5, 0.6) is 0 Å². The third-order valence-electron chi connectivity index (χ3n) is 5.77. The standard InChI is InChI=1S/C24H23ClN4O2/c1-28(2)21-11-12-29(14-21)20-9-5-17(6-10-20)23-26-27-24(31-23)18-13-22(30-15-18)16-3-7-19(25)8-4-16/h3-10,13,15,21H,11-12,14H2,1-2H3. The molecule has 0 N–H and O–H groups in total. The molecular formula is C24H23ClN4O2. The lowest BCUT2D eigenvalue weighted by Crippen LogP contribution is -2.31. The molecule has 0 bridgehead atoms. The number of nitrogens with zero attached hydrogens (tertiary/aromatic N) is 4. The van der Waals surface area contributed by atoms with Crippen LogP contribution in [-0.4, -0.2) is 48.3 Å². The number of furan rings is 1. The summed E-state index contributed by atoms with van der Waals surface area (Å²) >= 11 is 5.96. The Hall–Kier alpha value is -3.09. The number of anilines is 1. The van der Waals surface area contributed by atoms with Crippen LogP contribution in [0.3, 0.4) is 0 Å². The first kappa shape index (κ1) is 19.8. The second kappa shape index (κ2) is 8.21. The number of likely N-dealkylation sites (N-methyl/N-ethyl adjacent to an activating group) is 1. The Morgan fingerprint density at radius 3 is 2.29 bits per heavy atom. The summed E-state index contributed by atoms with van der Waals surface area (Å²) in [5.74, 6) is 1.64. The second-order valence-corrected chi connectivity index (χ2v) is 8.45. The van der Waals surface area contributed by atoms with E-state index >= 15 is 0 Å². The van der Waals surface area contributed by atoms with Gasteiger partial charge in [-0.15, -0.1) is 10.2 Å². The lowest BCUT2D eigenvalue weighted by atomic mass is 10.1. The van der Waals surface area contributed by atoms with Gasteiger partial charge in [0, 0.05) is 41.0 Å². The first-order valence-electron chi connectivity index (χ1n) is 10.3. The number of benzene rings is 2. The van der Waals surface area contributed by atoms with Crippen LogP contribution >= 0.6 is 11.6 Å². The summed E-state index contributed by atoms with van der Waals surface area (Å²) in [5.41, 5.74) is 3.79. The van der Waals surface area contributed by atoms with E-state index in [1.165, 1.54) is 12.1 Å². The molecule has 1 unspecified atom stereocenters. The zero-order valence-corrected chi connectivity index (χ0v) is 18.2. The summed E-state index contributed by atoms with van der Waals surface area (Å²) in [4.78, 5) is 4.71. The molecule has 7 heteroatoms. The molecule has 1 aliphatic heterocycles. The van der Waals surface area contributed by atoms with Crippen LogP contribution in [0.2, 0.25) is 5.02 Å². The van der Waals surface area contributed by atoms with Gasteiger partial charge < -0.3 is 18.6 Å². The fourth-order valence-corrected chi connectivity index (χ4v) is 4.01. The molecule has 0 saturated carbocycles. The largest absolute Gasteiger partial charge is 0.464 e. The highest BCUT2D eigenvalue weighted by Gasteiger charge is 2.24. The summed E-state index contributed by atoms with van der Waals surface area (Å²) in [6.45, 7) is 2.12. The van der Waals surface area contributed by atoms with Crippen molar-refractivity contribution in [3.63, 3.8) is 0 Å². The monoisotopic (exact) mass is 434 g/mol. The van der Waals surface area contributed by atoms with E-state index in [0.29, 0.717) is 22.8 Å². The molecule has 0 aliphatic carbocycles. The maximum absolute atomic E-state index is 5.96. The molecule has 2 aromatic heterocycles. The van der Waals surface area contributed by atoms with Gasteiger partial charge in [-0.25, -0.2) is 0 Å². The van der Waals surface area contributed by atoms with Crippen LogP contribution in [0.15, 0.2) is 69.7 Å². The smallest absolute Gasteiger partial charge is 0.251 e. The number of rotatable bonds is 5. The molecule has 1 fully saturated rings. The molecule has 5 rings (SSSR count). The minimum absolute atomic E-state index is 0.427. The molecule has 1 saturated heterocycles. The van der Waals surface area contributed by atoms with Gasteiger partial charge in [0.1, 0.15) is 12.0 Å². The number of aromatic nitrogens is 2. The first-order valence-corrected chi connectivity index (χ1v) is 10.6. The normalized spacial score (nSPS) is 16.4. The van der Waals surface area contributed by atoms with Crippen LogP contribution in [0, 0.1) is 0 Å². The Kier molecular flexibility index (Phi) is 5.26. The highest BCUT2D eigenvalue weighted by atomic mass is 35.5. The molecule has 4 aromatic rings. The average molecular weight is 435 g/mol. The lowest BCUT2D eigenvalue weighted by Gasteiger charge is -2.21. The summed E-state index contributed by atoms with van der Waals surface area (Å²) < 4.78 is 11.6. The maximum atomic E-state index is 5.96. The molecule has 158 valence electrons. The molecule has 1 atom stereocenters. The maximum Gasteiger partial charge on any atom is 0.251 e. The fraction of sp³-hybridized carbons (Fsp3) is 0.250. The van der Waals surface area contributed by atoms with E-state index in [1.54, 1.807) is 6.26 Å². The van der Waals surface area contributed by atoms with Crippen molar-refractivity contribution in [1.29, 1.82) is 0 Å². The van der Waals surface area contributed by atoms with E-state index in [2.05, 4.69) is 46.2 Å². The van der Waals surface area contributed by atoms with Crippen molar-refractivity contribution >= 4 is 17.3 Å². The molecule has 3 heterocycles. The summed E-state index contributed by atoms with van der Waals surface area (Å²) in [6.07, 6.45) is 2.81. The Morgan fingerprint density at radius 1 is 0.935 bits per heavy atom. The SMILES string of the molecule is CN(C)C1CCN(c2ccc(-c3nnc(-c4coc(-c5ccc(Cl)cc5)c4)o3)cc2)C1. The van der Waals surface area contributed by atoms with Gasteiger partial charge in [-0.3, -0.25) is 0 Å². The summed E-state index contributed by atoms with van der Waals surface area (Å²) in [5, 5.41) is 9.11. The van der Waals surface area contributed by atoms with Crippen LogP contribution in [0.4, 0.5) is 5.69 Å². The number of hydrogen-bond acceptors (Lipinski definition) is 6. The van der Waals surface area contributed by atoms with Gasteiger partial charge in [0.25, 0.3) is 5.89 Å². The third-order valence-corrected chi connectivity index (χ3v) is 6.03. The third kappa shape index (κ3) is 4.09. The quantitative estimate of drug-likeness (QED) is 0.416. The van der Waals surface area contributed by atoms with Gasteiger partial charge in [-0.1, -0.05) is 11.6 Å². The number of halogens is 1. The van der Waals surface area contributed by atoms with E-state index in [9.17, 15) is 0 Å². The Labute approximate surface area is 186 Å². The van der Waals surface area contributed by atoms with E-state index in [0.717, 1.165) is 35.5 Å². The summed E-state index contributed by atoms with van der Waals surface area (Å²) in [7, 11) is 4.28. The van der Waals surface area contributed by atoms with Crippen LogP contribution in [0.25, 0.3) is 34.2 Å². The van der Waals surface area contributed by atoms with Gasteiger partial charge in [-0.05, 0) is 75.1 Å². The molecular weight excluding hydrogens is 412 g/mol. The molecule has 2 aromatic carbocycles. The molecule has 0 spiro atoms. The van der Waals surface area contributed by atoms with Crippen molar-refractivity contribution in [1.82, 2.24) is 15.1 Å². The molecule has 6 nitrogen and oxygen atoms in total. The molecule has 1 aliphatic rings. The predicted octanol–water partition coefficient (Wildman–Crippen LogP) is 5.46. The fourth-order valence-electron chi connectivity index (χ4n) is 3.88. The van der Waals surface area contributed by atoms with Gasteiger partial charge >= 0.3 is 0 Å². The molecule has 0 amide bonds. The minimum Gasteiger partial charge on any atom is -0.464 e. The topological polar surface area (TPSA) is 58.5 Å². The van der Waals surface area contributed by atoms with Crippen molar-refractivity contribution < 1.29 is 8.83 Å². The van der Waals surface area contributed by atoms with Gasteiger partial charge in [-0.2, -0.15) is 0 Å². The van der Waals surface area contributed by atoms with Gasteiger partial charge in [0.05, 0.1) is 5.56 Å².